The third-order valence-electron chi connectivity index (χ3n) is 3.11. The molecule has 2 heterocycles. The summed E-state index contributed by atoms with van der Waals surface area (Å²) in [5, 5.41) is 1.74. The summed E-state index contributed by atoms with van der Waals surface area (Å²) in [6, 6.07) is 6.20. The summed E-state index contributed by atoms with van der Waals surface area (Å²) in [6.07, 6.45) is 0.930. The number of thiazole rings is 1. The SMILES string of the molecule is Cc1nc(-c2cccc3c2OC(C)(C)C3)c(N)s1. The van der Waals surface area contributed by atoms with Crippen molar-refractivity contribution in [3.8, 4) is 17.0 Å². The van der Waals surface area contributed by atoms with E-state index in [9.17, 15) is 0 Å². The molecule has 1 aliphatic rings. The monoisotopic (exact) mass is 260 g/mol. The van der Waals surface area contributed by atoms with Crippen molar-refractivity contribution in [1.82, 2.24) is 4.98 Å². The number of nitrogen functional groups attached to an aromatic ring is 1. The maximum absolute atomic E-state index is 6.05. The van der Waals surface area contributed by atoms with Gasteiger partial charge in [0, 0.05) is 12.0 Å². The lowest BCUT2D eigenvalue weighted by molar-refractivity contribution is 0.139. The number of benzene rings is 1. The van der Waals surface area contributed by atoms with Crippen LogP contribution in [-0.2, 0) is 6.42 Å². The molecule has 1 aromatic heterocycles. The highest BCUT2D eigenvalue weighted by molar-refractivity contribution is 7.16. The zero-order valence-corrected chi connectivity index (χ0v) is 11.6. The number of nitrogens with zero attached hydrogens (tertiary/aromatic N) is 1. The van der Waals surface area contributed by atoms with E-state index in [4.69, 9.17) is 10.5 Å². The predicted octanol–water partition coefficient (Wildman–Crippen LogP) is 3.41. The molecule has 2 N–H and O–H groups in total. The number of aromatic nitrogens is 1. The number of anilines is 1. The van der Waals surface area contributed by atoms with Crippen LogP contribution in [0.2, 0.25) is 0 Å². The molecule has 4 heteroatoms. The summed E-state index contributed by atoms with van der Waals surface area (Å²) in [6.45, 7) is 6.18. The minimum atomic E-state index is -0.141. The lowest BCUT2D eigenvalue weighted by Crippen LogP contribution is -2.24. The molecule has 0 amide bonds. The minimum Gasteiger partial charge on any atom is -0.487 e. The minimum absolute atomic E-state index is 0.141. The van der Waals surface area contributed by atoms with E-state index in [1.54, 1.807) is 0 Å². The lowest BCUT2D eigenvalue weighted by atomic mass is 10.00. The van der Waals surface area contributed by atoms with E-state index in [1.807, 2.05) is 19.1 Å². The number of para-hydroxylation sites is 1. The highest BCUT2D eigenvalue weighted by atomic mass is 32.1. The van der Waals surface area contributed by atoms with E-state index in [0.717, 1.165) is 33.4 Å². The third-order valence-corrected chi connectivity index (χ3v) is 3.91. The van der Waals surface area contributed by atoms with Crippen molar-refractivity contribution in [3.05, 3.63) is 28.8 Å². The topological polar surface area (TPSA) is 48.1 Å². The van der Waals surface area contributed by atoms with Crippen LogP contribution in [0.25, 0.3) is 11.3 Å². The molecule has 0 bridgehead atoms. The third kappa shape index (κ3) is 1.77. The van der Waals surface area contributed by atoms with Crippen LogP contribution in [0.3, 0.4) is 0 Å². The quantitative estimate of drug-likeness (QED) is 0.854. The molecular formula is C14H16N2OS. The maximum Gasteiger partial charge on any atom is 0.132 e. The van der Waals surface area contributed by atoms with Gasteiger partial charge in [-0.1, -0.05) is 12.1 Å². The summed E-state index contributed by atoms with van der Waals surface area (Å²) < 4.78 is 6.05. The van der Waals surface area contributed by atoms with Gasteiger partial charge in [-0.15, -0.1) is 11.3 Å². The molecule has 94 valence electrons. The second-order valence-corrected chi connectivity index (χ2v) is 6.51. The fraction of sp³-hybridized carbons (Fsp3) is 0.357. The molecule has 18 heavy (non-hydrogen) atoms. The van der Waals surface area contributed by atoms with E-state index in [0.29, 0.717) is 0 Å². The average molecular weight is 260 g/mol. The fourth-order valence-corrected chi connectivity index (χ4v) is 3.15. The number of hydrogen-bond acceptors (Lipinski definition) is 4. The van der Waals surface area contributed by atoms with Gasteiger partial charge in [-0.2, -0.15) is 0 Å². The van der Waals surface area contributed by atoms with Crippen molar-refractivity contribution in [2.24, 2.45) is 0 Å². The number of hydrogen-bond donors (Lipinski definition) is 1. The standard InChI is InChI=1S/C14H16N2OS/c1-8-16-11(13(15)18-8)10-6-4-5-9-7-14(2,3)17-12(9)10/h4-6H,7,15H2,1-3H3. The van der Waals surface area contributed by atoms with Gasteiger partial charge >= 0.3 is 0 Å². The largest absolute Gasteiger partial charge is 0.487 e. The average Bonchev–Trinajstić information content (AvgIpc) is 2.75. The van der Waals surface area contributed by atoms with E-state index in [1.165, 1.54) is 16.9 Å². The molecule has 0 saturated heterocycles. The van der Waals surface area contributed by atoms with Crippen LogP contribution >= 0.6 is 11.3 Å². The lowest BCUT2D eigenvalue weighted by Gasteiger charge is -2.18. The zero-order valence-electron chi connectivity index (χ0n) is 10.8. The van der Waals surface area contributed by atoms with Gasteiger partial charge in [0.2, 0.25) is 0 Å². The first-order valence-corrected chi connectivity index (χ1v) is 6.82. The predicted molar refractivity (Wildman–Crippen MR) is 75.1 cm³/mol. The Hall–Kier alpha value is -1.55. The smallest absolute Gasteiger partial charge is 0.132 e. The number of nitrogens with two attached hydrogens (primary N) is 1. The number of ether oxygens (including phenoxy) is 1. The Morgan fingerprint density at radius 2 is 2.17 bits per heavy atom. The zero-order chi connectivity index (χ0) is 12.9. The van der Waals surface area contributed by atoms with Crippen LogP contribution in [0, 0.1) is 6.92 Å². The second kappa shape index (κ2) is 3.72. The number of aryl methyl sites for hydroxylation is 1. The van der Waals surface area contributed by atoms with Crippen molar-refractivity contribution >= 4 is 16.3 Å². The Balaban J connectivity index is 2.16. The first-order chi connectivity index (χ1) is 8.46. The first kappa shape index (κ1) is 11.5. The molecule has 0 aliphatic carbocycles. The Morgan fingerprint density at radius 3 is 2.83 bits per heavy atom. The van der Waals surface area contributed by atoms with E-state index in [2.05, 4.69) is 24.9 Å². The van der Waals surface area contributed by atoms with Gasteiger partial charge in [0.05, 0.1) is 5.01 Å². The van der Waals surface area contributed by atoms with Crippen LogP contribution in [0.4, 0.5) is 5.00 Å². The summed E-state index contributed by atoms with van der Waals surface area (Å²) in [4.78, 5) is 4.52. The Bertz CT molecular complexity index is 616. The summed E-state index contributed by atoms with van der Waals surface area (Å²) in [5.41, 5.74) is 9.00. The molecule has 2 aromatic rings. The van der Waals surface area contributed by atoms with E-state index >= 15 is 0 Å². The normalized spacial score (nSPS) is 16.4. The van der Waals surface area contributed by atoms with E-state index in [-0.39, 0.29) is 5.60 Å². The van der Waals surface area contributed by atoms with Crippen molar-refractivity contribution in [2.75, 3.05) is 5.73 Å². The van der Waals surface area contributed by atoms with Gasteiger partial charge in [-0.3, -0.25) is 0 Å². The number of rotatable bonds is 1. The van der Waals surface area contributed by atoms with Gasteiger partial charge in [-0.05, 0) is 32.4 Å². The number of fused-ring (bicyclic) bond motifs is 1. The highest BCUT2D eigenvalue weighted by Crippen LogP contribution is 2.44. The molecule has 1 aliphatic heterocycles. The van der Waals surface area contributed by atoms with Crippen LogP contribution in [-0.4, -0.2) is 10.6 Å². The maximum atomic E-state index is 6.05. The highest BCUT2D eigenvalue weighted by Gasteiger charge is 2.32. The Kier molecular flexibility index (Phi) is 2.38. The van der Waals surface area contributed by atoms with Crippen molar-refractivity contribution in [2.45, 2.75) is 32.8 Å². The molecular weight excluding hydrogens is 244 g/mol. The fourth-order valence-electron chi connectivity index (χ4n) is 2.44. The summed E-state index contributed by atoms with van der Waals surface area (Å²) in [7, 11) is 0. The van der Waals surface area contributed by atoms with Crippen LogP contribution in [0.15, 0.2) is 18.2 Å². The van der Waals surface area contributed by atoms with E-state index < -0.39 is 0 Å². The molecule has 0 radical (unpaired) electrons. The summed E-state index contributed by atoms with van der Waals surface area (Å²) >= 11 is 1.52. The molecule has 0 atom stereocenters. The molecule has 0 fully saturated rings. The Morgan fingerprint density at radius 1 is 1.39 bits per heavy atom. The molecule has 0 saturated carbocycles. The first-order valence-electron chi connectivity index (χ1n) is 6.00. The van der Waals surface area contributed by atoms with Crippen LogP contribution in [0.1, 0.15) is 24.4 Å². The molecule has 1 aromatic carbocycles. The van der Waals surface area contributed by atoms with Gasteiger partial charge in [-0.25, -0.2) is 4.98 Å². The van der Waals surface area contributed by atoms with Crippen LogP contribution < -0.4 is 10.5 Å². The Labute approximate surface area is 111 Å². The van der Waals surface area contributed by atoms with Crippen molar-refractivity contribution in [3.63, 3.8) is 0 Å². The van der Waals surface area contributed by atoms with Crippen molar-refractivity contribution in [1.29, 1.82) is 0 Å². The van der Waals surface area contributed by atoms with Gasteiger partial charge in [0.25, 0.3) is 0 Å². The van der Waals surface area contributed by atoms with Crippen LogP contribution in [0.5, 0.6) is 5.75 Å². The van der Waals surface area contributed by atoms with Crippen molar-refractivity contribution < 1.29 is 4.74 Å². The van der Waals surface area contributed by atoms with Gasteiger partial charge < -0.3 is 10.5 Å². The summed E-state index contributed by atoms with van der Waals surface area (Å²) in [5.74, 6) is 0.944. The molecule has 0 spiro atoms. The molecule has 3 rings (SSSR count). The van der Waals surface area contributed by atoms with Gasteiger partial charge in [0.1, 0.15) is 22.0 Å². The van der Waals surface area contributed by atoms with Gasteiger partial charge in [0.15, 0.2) is 0 Å². The second-order valence-electron chi connectivity index (χ2n) is 5.28. The molecule has 3 nitrogen and oxygen atoms in total. The molecule has 0 unspecified atom stereocenters.